The topological polar surface area (TPSA) is 58.0 Å². The molecule has 7 heteroatoms. The first-order valence-electron chi connectivity index (χ1n) is 11.2. The first-order valence-corrected chi connectivity index (χ1v) is 11.2. The van der Waals surface area contributed by atoms with Crippen LogP contribution in [0.3, 0.4) is 0 Å². The second-order valence-electron chi connectivity index (χ2n) is 8.56. The van der Waals surface area contributed by atoms with Crippen molar-refractivity contribution in [1.29, 1.82) is 0 Å². The van der Waals surface area contributed by atoms with E-state index >= 15 is 0 Å². The summed E-state index contributed by atoms with van der Waals surface area (Å²) in [7, 11) is 0. The smallest absolute Gasteiger partial charge is 0.224 e. The second kappa shape index (κ2) is 10.4. The fourth-order valence-corrected chi connectivity index (χ4v) is 4.58. The molecule has 4 rings (SSSR count). The summed E-state index contributed by atoms with van der Waals surface area (Å²) in [5.74, 6) is 1.58. The summed E-state index contributed by atoms with van der Waals surface area (Å²) in [6.45, 7) is 7.80. The molecule has 1 amide bonds. The molecule has 1 aromatic heterocycles. The van der Waals surface area contributed by atoms with Gasteiger partial charge in [0.2, 0.25) is 5.91 Å². The first-order chi connectivity index (χ1) is 15.1. The van der Waals surface area contributed by atoms with Crippen molar-refractivity contribution in [3.05, 3.63) is 59.3 Å². The summed E-state index contributed by atoms with van der Waals surface area (Å²) < 4.78 is 24.9. The van der Waals surface area contributed by atoms with Crippen LogP contribution in [0.1, 0.15) is 36.0 Å². The quantitative estimate of drug-likeness (QED) is 0.733. The van der Waals surface area contributed by atoms with Crippen molar-refractivity contribution in [3.63, 3.8) is 0 Å². The predicted molar refractivity (Wildman–Crippen MR) is 116 cm³/mol. The Morgan fingerprint density at radius 1 is 1.23 bits per heavy atom. The van der Waals surface area contributed by atoms with Crippen LogP contribution in [0.4, 0.5) is 4.39 Å². The lowest BCUT2D eigenvalue weighted by Gasteiger charge is -2.35. The van der Waals surface area contributed by atoms with Crippen LogP contribution >= 0.6 is 0 Å². The van der Waals surface area contributed by atoms with Crippen LogP contribution in [0, 0.1) is 18.7 Å². The van der Waals surface area contributed by atoms with Crippen molar-refractivity contribution < 1.29 is 18.3 Å². The molecule has 6 nitrogen and oxygen atoms in total. The molecule has 0 bridgehead atoms. The summed E-state index contributed by atoms with van der Waals surface area (Å²) in [4.78, 5) is 17.6. The molecule has 0 spiro atoms. The number of furan rings is 1. The minimum absolute atomic E-state index is 0.00791. The highest BCUT2D eigenvalue weighted by molar-refractivity contribution is 5.79. The Hall–Kier alpha value is -2.22. The average Bonchev–Trinajstić information content (AvgIpc) is 3.20. The van der Waals surface area contributed by atoms with Gasteiger partial charge in [-0.1, -0.05) is 12.1 Å². The number of carbonyl (C=O) groups excluding carboxylic acids is 1. The molecule has 2 atom stereocenters. The van der Waals surface area contributed by atoms with E-state index in [4.69, 9.17) is 9.15 Å². The average molecular weight is 430 g/mol. The molecule has 2 aliphatic rings. The number of rotatable bonds is 7. The van der Waals surface area contributed by atoms with E-state index < -0.39 is 0 Å². The van der Waals surface area contributed by atoms with Crippen LogP contribution in [-0.2, 0) is 16.1 Å². The Balaban J connectivity index is 1.34. The molecule has 2 unspecified atom stereocenters. The summed E-state index contributed by atoms with van der Waals surface area (Å²) in [6, 6.07) is 10.7. The molecule has 2 aliphatic heterocycles. The molecular weight excluding hydrogens is 397 g/mol. The van der Waals surface area contributed by atoms with Crippen LogP contribution in [0.15, 0.2) is 40.8 Å². The van der Waals surface area contributed by atoms with Crippen LogP contribution in [0.25, 0.3) is 0 Å². The number of benzene rings is 1. The highest BCUT2D eigenvalue weighted by atomic mass is 19.1. The van der Waals surface area contributed by atoms with E-state index in [1.807, 2.05) is 25.1 Å². The summed E-state index contributed by atoms with van der Waals surface area (Å²) >= 11 is 0. The maximum absolute atomic E-state index is 13.5. The highest BCUT2D eigenvalue weighted by Crippen LogP contribution is 2.24. The normalized spacial score (nSPS) is 21.7. The zero-order chi connectivity index (χ0) is 21.6. The van der Waals surface area contributed by atoms with Gasteiger partial charge in [0.05, 0.1) is 25.2 Å². The molecule has 2 fully saturated rings. The standard InChI is InChI=1S/C24H32FN3O3/c1-18-7-8-23(31-18)22(28-10-12-30-13-11-28)15-26-24(29)20-5-3-9-27(17-20)16-19-4-2-6-21(25)14-19/h2,4,6-8,14,20,22H,3,5,9-13,15-17H2,1H3,(H,26,29). The zero-order valence-corrected chi connectivity index (χ0v) is 18.2. The SMILES string of the molecule is Cc1ccc(C(CNC(=O)C2CCCN(Cc3cccc(F)c3)C2)N2CCOCC2)o1. The minimum atomic E-state index is -0.217. The maximum Gasteiger partial charge on any atom is 0.224 e. The van der Waals surface area contributed by atoms with Crippen molar-refractivity contribution in [2.75, 3.05) is 45.9 Å². The van der Waals surface area contributed by atoms with Crippen LogP contribution < -0.4 is 5.32 Å². The number of carbonyl (C=O) groups is 1. The van der Waals surface area contributed by atoms with Crippen molar-refractivity contribution >= 4 is 5.91 Å². The van der Waals surface area contributed by atoms with Crippen molar-refractivity contribution in [1.82, 2.24) is 15.1 Å². The van der Waals surface area contributed by atoms with Crippen LogP contribution in [0.5, 0.6) is 0 Å². The molecule has 31 heavy (non-hydrogen) atoms. The van der Waals surface area contributed by atoms with Gasteiger partial charge in [0, 0.05) is 32.7 Å². The monoisotopic (exact) mass is 429 g/mol. The third-order valence-electron chi connectivity index (χ3n) is 6.22. The predicted octanol–water partition coefficient (Wildman–Crippen LogP) is 3.13. The molecule has 1 N–H and O–H groups in total. The Morgan fingerprint density at radius 3 is 2.81 bits per heavy atom. The van der Waals surface area contributed by atoms with E-state index in [-0.39, 0.29) is 23.7 Å². The zero-order valence-electron chi connectivity index (χ0n) is 18.2. The minimum Gasteiger partial charge on any atom is -0.465 e. The van der Waals surface area contributed by atoms with E-state index in [0.29, 0.717) is 32.8 Å². The third kappa shape index (κ3) is 5.93. The van der Waals surface area contributed by atoms with E-state index in [0.717, 1.165) is 49.6 Å². The number of ether oxygens (including phenoxy) is 1. The number of amides is 1. The highest BCUT2D eigenvalue weighted by Gasteiger charge is 2.29. The lowest BCUT2D eigenvalue weighted by atomic mass is 9.96. The molecular formula is C24H32FN3O3. The number of hydrogen-bond acceptors (Lipinski definition) is 5. The van der Waals surface area contributed by atoms with Gasteiger partial charge in [-0.3, -0.25) is 14.6 Å². The third-order valence-corrected chi connectivity index (χ3v) is 6.22. The Morgan fingerprint density at radius 2 is 2.06 bits per heavy atom. The Bertz CT molecular complexity index is 865. The number of hydrogen-bond donors (Lipinski definition) is 1. The van der Waals surface area contributed by atoms with E-state index in [1.165, 1.54) is 6.07 Å². The van der Waals surface area contributed by atoms with Gasteiger partial charge < -0.3 is 14.5 Å². The van der Waals surface area contributed by atoms with Crippen molar-refractivity contribution in [2.24, 2.45) is 5.92 Å². The van der Waals surface area contributed by atoms with E-state index in [2.05, 4.69) is 15.1 Å². The Kier molecular flexibility index (Phi) is 7.37. The van der Waals surface area contributed by atoms with Gasteiger partial charge >= 0.3 is 0 Å². The van der Waals surface area contributed by atoms with Gasteiger partial charge in [0.1, 0.15) is 17.3 Å². The largest absolute Gasteiger partial charge is 0.465 e. The van der Waals surface area contributed by atoms with Gasteiger partial charge in [0.15, 0.2) is 0 Å². The lowest BCUT2D eigenvalue weighted by molar-refractivity contribution is -0.127. The Labute approximate surface area is 183 Å². The number of piperidine rings is 1. The molecule has 0 saturated carbocycles. The van der Waals surface area contributed by atoms with Gasteiger partial charge in [-0.2, -0.15) is 0 Å². The number of likely N-dealkylation sites (tertiary alicyclic amines) is 1. The maximum atomic E-state index is 13.5. The number of morpholine rings is 1. The molecule has 2 saturated heterocycles. The fourth-order valence-electron chi connectivity index (χ4n) is 4.58. The number of nitrogens with zero attached hydrogens (tertiary/aromatic N) is 2. The molecule has 0 aliphatic carbocycles. The van der Waals surface area contributed by atoms with E-state index in [1.54, 1.807) is 12.1 Å². The summed E-state index contributed by atoms with van der Waals surface area (Å²) in [5, 5.41) is 3.18. The van der Waals surface area contributed by atoms with Gasteiger partial charge in [0.25, 0.3) is 0 Å². The lowest BCUT2D eigenvalue weighted by Crippen LogP contribution is -2.47. The van der Waals surface area contributed by atoms with Gasteiger partial charge in [-0.15, -0.1) is 0 Å². The molecule has 168 valence electrons. The number of aryl methyl sites for hydroxylation is 1. The molecule has 0 radical (unpaired) electrons. The summed E-state index contributed by atoms with van der Waals surface area (Å²) in [5.41, 5.74) is 0.946. The summed E-state index contributed by atoms with van der Waals surface area (Å²) in [6.07, 6.45) is 1.85. The molecule has 3 heterocycles. The van der Waals surface area contributed by atoms with Crippen LogP contribution in [0.2, 0.25) is 0 Å². The number of nitrogens with one attached hydrogen (secondary N) is 1. The number of halogens is 1. The second-order valence-corrected chi connectivity index (χ2v) is 8.56. The fraction of sp³-hybridized carbons (Fsp3) is 0.542. The van der Waals surface area contributed by atoms with Gasteiger partial charge in [-0.25, -0.2) is 4.39 Å². The van der Waals surface area contributed by atoms with E-state index in [9.17, 15) is 9.18 Å². The van der Waals surface area contributed by atoms with Gasteiger partial charge in [-0.05, 0) is 56.1 Å². The van der Waals surface area contributed by atoms with Crippen molar-refractivity contribution in [3.8, 4) is 0 Å². The van der Waals surface area contributed by atoms with Crippen molar-refractivity contribution in [2.45, 2.75) is 32.4 Å². The first kappa shape index (κ1) is 22.0. The molecule has 1 aromatic carbocycles. The molecule has 2 aromatic rings. The van der Waals surface area contributed by atoms with Crippen LogP contribution in [-0.4, -0.2) is 61.6 Å².